The number of anilines is 1. The van der Waals surface area contributed by atoms with Gasteiger partial charge >= 0.3 is 0 Å². The third kappa shape index (κ3) is 4.79. The van der Waals surface area contributed by atoms with Gasteiger partial charge < -0.3 is 10.2 Å². The Labute approximate surface area is 178 Å². The van der Waals surface area contributed by atoms with Gasteiger partial charge in [0.25, 0.3) is 5.91 Å². The second-order valence-electron chi connectivity index (χ2n) is 7.90. The first-order chi connectivity index (χ1) is 14.7. The van der Waals surface area contributed by atoms with Gasteiger partial charge in [-0.25, -0.2) is 4.98 Å². The van der Waals surface area contributed by atoms with E-state index in [0.717, 1.165) is 67.8 Å². The number of amides is 1. The van der Waals surface area contributed by atoms with E-state index in [9.17, 15) is 4.79 Å². The predicted molar refractivity (Wildman–Crippen MR) is 123 cm³/mol. The van der Waals surface area contributed by atoms with Crippen molar-refractivity contribution < 1.29 is 4.79 Å². The lowest BCUT2D eigenvalue weighted by molar-refractivity contribution is 0.0954. The van der Waals surface area contributed by atoms with Gasteiger partial charge in [0, 0.05) is 44.7 Å². The molecule has 0 radical (unpaired) electrons. The highest BCUT2D eigenvalue weighted by molar-refractivity contribution is 6.07. The summed E-state index contributed by atoms with van der Waals surface area (Å²) in [4.78, 5) is 22.5. The standard InChI is InChI=1S/C25H30N4O/c1-2-3-13-26-25(30)22-18-24(27-23-12-8-7-11-21(22)23)29-16-14-28(15-17-29)19-20-9-5-4-6-10-20/h4-12,18H,2-3,13-17,19H2,1H3,(H,26,30). The van der Waals surface area contributed by atoms with Gasteiger partial charge in [0.15, 0.2) is 0 Å². The van der Waals surface area contributed by atoms with Crippen LogP contribution in [0.15, 0.2) is 60.7 Å². The number of carbonyl (C=O) groups is 1. The van der Waals surface area contributed by atoms with Crippen LogP contribution in [-0.2, 0) is 6.54 Å². The number of hydrogen-bond acceptors (Lipinski definition) is 4. The highest BCUT2D eigenvalue weighted by Crippen LogP contribution is 2.24. The summed E-state index contributed by atoms with van der Waals surface area (Å²) in [7, 11) is 0. The lowest BCUT2D eigenvalue weighted by Gasteiger charge is -2.35. The molecule has 5 nitrogen and oxygen atoms in total. The molecule has 0 saturated carbocycles. The Hall–Kier alpha value is -2.92. The van der Waals surface area contributed by atoms with Crippen molar-refractivity contribution in [3.63, 3.8) is 0 Å². The minimum Gasteiger partial charge on any atom is -0.354 e. The maximum Gasteiger partial charge on any atom is 0.252 e. The van der Waals surface area contributed by atoms with E-state index in [1.54, 1.807) is 0 Å². The number of hydrogen-bond donors (Lipinski definition) is 1. The second-order valence-corrected chi connectivity index (χ2v) is 7.90. The number of carbonyl (C=O) groups excluding carboxylic acids is 1. The average molecular weight is 403 g/mol. The summed E-state index contributed by atoms with van der Waals surface area (Å²) in [6, 6.07) is 20.5. The molecule has 1 fully saturated rings. The molecule has 4 rings (SSSR count). The van der Waals surface area contributed by atoms with Crippen molar-refractivity contribution >= 4 is 22.6 Å². The number of piperazine rings is 1. The van der Waals surface area contributed by atoms with Crippen molar-refractivity contribution in [2.75, 3.05) is 37.6 Å². The highest BCUT2D eigenvalue weighted by Gasteiger charge is 2.21. The van der Waals surface area contributed by atoms with Crippen molar-refractivity contribution in [2.45, 2.75) is 26.3 Å². The van der Waals surface area contributed by atoms with E-state index in [1.165, 1.54) is 5.56 Å². The topological polar surface area (TPSA) is 48.5 Å². The number of benzene rings is 2. The largest absolute Gasteiger partial charge is 0.354 e. The van der Waals surface area contributed by atoms with E-state index < -0.39 is 0 Å². The van der Waals surface area contributed by atoms with Gasteiger partial charge in [0.2, 0.25) is 0 Å². The van der Waals surface area contributed by atoms with Gasteiger partial charge in [-0.3, -0.25) is 9.69 Å². The average Bonchev–Trinajstić information content (AvgIpc) is 2.79. The number of pyridine rings is 1. The Morgan fingerprint density at radius 3 is 2.50 bits per heavy atom. The van der Waals surface area contributed by atoms with Crippen LogP contribution in [0.4, 0.5) is 5.82 Å². The molecule has 5 heteroatoms. The van der Waals surface area contributed by atoms with Gasteiger partial charge in [-0.15, -0.1) is 0 Å². The van der Waals surface area contributed by atoms with Crippen LogP contribution >= 0.6 is 0 Å². The molecule has 1 aliphatic heterocycles. The monoisotopic (exact) mass is 402 g/mol. The van der Waals surface area contributed by atoms with Crippen LogP contribution in [0.5, 0.6) is 0 Å². The fourth-order valence-corrected chi connectivity index (χ4v) is 3.96. The summed E-state index contributed by atoms with van der Waals surface area (Å²) >= 11 is 0. The van der Waals surface area contributed by atoms with E-state index in [1.807, 2.05) is 30.3 Å². The number of unbranched alkanes of at least 4 members (excludes halogenated alkanes) is 1. The molecule has 0 atom stereocenters. The van der Waals surface area contributed by atoms with Gasteiger partial charge in [0.1, 0.15) is 5.82 Å². The normalized spacial score (nSPS) is 14.8. The highest BCUT2D eigenvalue weighted by atomic mass is 16.1. The molecule has 0 unspecified atom stereocenters. The molecular formula is C25H30N4O. The van der Waals surface area contributed by atoms with Crippen LogP contribution in [0.2, 0.25) is 0 Å². The number of nitrogens with one attached hydrogen (secondary N) is 1. The van der Waals surface area contributed by atoms with E-state index in [2.05, 4.69) is 52.4 Å². The molecule has 2 heterocycles. The Kier molecular flexibility index (Phi) is 6.60. The molecule has 30 heavy (non-hydrogen) atoms. The Morgan fingerprint density at radius 2 is 1.73 bits per heavy atom. The molecule has 1 aromatic heterocycles. The first-order valence-corrected chi connectivity index (χ1v) is 10.9. The molecule has 2 aromatic carbocycles. The van der Waals surface area contributed by atoms with E-state index in [-0.39, 0.29) is 5.91 Å². The maximum atomic E-state index is 12.9. The zero-order valence-electron chi connectivity index (χ0n) is 17.7. The van der Waals surface area contributed by atoms with Crippen LogP contribution in [0, 0.1) is 0 Å². The fourth-order valence-electron chi connectivity index (χ4n) is 3.96. The van der Waals surface area contributed by atoms with E-state index in [0.29, 0.717) is 6.54 Å². The quantitative estimate of drug-likeness (QED) is 0.605. The zero-order valence-corrected chi connectivity index (χ0v) is 17.7. The molecule has 1 N–H and O–H groups in total. The molecule has 1 amide bonds. The Morgan fingerprint density at radius 1 is 1.00 bits per heavy atom. The Bertz CT molecular complexity index is 981. The Balaban J connectivity index is 1.49. The van der Waals surface area contributed by atoms with Crippen molar-refractivity contribution in [3.05, 3.63) is 71.8 Å². The summed E-state index contributed by atoms with van der Waals surface area (Å²) in [5.74, 6) is 0.889. The smallest absolute Gasteiger partial charge is 0.252 e. The predicted octanol–water partition coefficient (Wildman–Crippen LogP) is 4.09. The van der Waals surface area contributed by atoms with Gasteiger partial charge in [-0.1, -0.05) is 61.9 Å². The molecule has 0 aliphatic carbocycles. The summed E-state index contributed by atoms with van der Waals surface area (Å²) in [6.45, 7) is 7.61. The first kappa shape index (κ1) is 20.4. The zero-order chi connectivity index (χ0) is 20.8. The third-order valence-corrected chi connectivity index (χ3v) is 5.71. The van der Waals surface area contributed by atoms with Crippen LogP contribution in [-0.4, -0.2) is 48.5 Å². The molecule has 1 aliphatic rings. The van der Waals surface area contributed by atoms with Crippen LogP contribution in [0.3, 0.4) is 0 Å². The van der Waals surface area contributed by atoms with Gasteiger partial charge in [-0.2, -0.15) is 0 Å². The second kappa shape index (κ2) is 9.72. The summed E-state index contributed by atoms with van der Waals surface area (Å²) in [5.41, 5.74) is 2.95. The first-order valence-electron chi connectivity index (χ1n) is 10.9. The SMILES string of the molecule is CCCCNC(=O)c1cc(N2CCN(Cc3ccccc3)CC2)nc2ccccc12. The minimum absolute atomic E-state index is 0.00832. The van der Waals surface area contributed by atoms with Crippen LogP contribution < -0.4 is 10.2 Å². The van der Waals surface area contributed by atoms with Crippen molar-refractivity contribution in [3.8, 4) is 0 Å². The van der Waals surface area contributed by atoms with Crippen LogP contribution in [0.25, 0.3) is 10.9 Å². The molecule has 156 valence electrons. The van der Waals surface area contributed by atoms with Gasteiger partial charge in [-0.05, 0) is 24.1 Å². The summed E-state index contributed by atoms with van der Waals surface area (Å²) in [6.07, 6.45) is 2.06. The molecule has 0 spiro atoms. The lowest BCUT2D eigenvalue weighted by atomic mass is 10.1. The molecule has 1 saturated heterocycles. The van der Waals surface area contributed by atoms with E-state index in [4.69, 9.17) is 4.98 Å². The number of para-hydroxylation sites is 1. The number of aromatic nitrogens is 1. The van der Waals surface area contributed by atoms with Crippen LogP contribution in [0.1, 0.15) is 35.7 Å². The van der Waals surface area contributed by atoms with E-state index >= 15 is 0 Å². The van der Waals surface area contributed by atoms with Crippen molar-refractivity contribution in [1.29, 1.82) is 0 Å². The third-order valence-electron chi connectivity index (χ3n) is 5.71. The minimum atomic E-state index is -0.00832. The fraction of sp³-hybridized carbons (Fsp3) is 0.360. The maximum absolute atomic E-state index is 12.9. The van der Waals surface area contributed by atoms with Crippen molar-refractivity contribution in [1.82, 2.24) is 15.2 Å². The molecule has 0 bridgehead atoms. The number of rotatable bonds is 7. The molecule has 3 aromatic rings. The summed E-state index contributed by atoms with van der Waals surface area (Å²) in [5, 5.41) is 3.98. The lowest BCUT2D eigenvalue weighted by Crippen LogP contribution is -2.46. The number of fused-ring (bicyclic) bond motifs is 1. The van der Waals surface area contributed by atoms with Gasteiger partial charge in [0.05, 0.1) is 11.1 Å². The summed E-state index contributed by atoms with van der Waals surface area (Å²) < 4.78 is 0. The molecular weight excluding hydrogens is 372 g/mol. The number of nitrogens with zero attached hydrogens (tertiary/aromatic N) is 3. The van der Waals surface area contributed by atoms with Crippen molar-refractivity contribution in [2.24, 2.45) is 0 Å².